The third-order valence-electron chi connectivity index (χ3n) is 6.09. The lowest BCUT2D eigenvalue weighted by atomic mass is 9.75. The minimum atomic E-state index is -0.353. The molecule has 0 radical (unpaired) electrons. The number of carbonyl (C=O) groups is 2. The molecule has 30 heavy (non-hydrogen) atoms. The second-order valence-corrected chi connectivity index (χ2v) is 9.04. The van der Waals surface area contributed by atoms with E-state index >= 15 is 0 Å². The number of fused-ring (bicyclic) bond motifs is 1. The standard InChI is InChI=1S/C21H28N4O4S/c1-3-25-18-16(9-21(13-22-19(18)26)4-6-28-7-5-21)17(24-25)8-14(2)11-29-20(27)15-10-23-30-12-15/h10,12,14H,3-9,11,13H2,1-2H3,(H,22,26). The van der Waals surface area contributed by atoms with Crippen LogP contribution >= 0.6 is 11.5 Å². The van der Waals surface area contributed by atoms with Gasteiger partial charge in [-0.15, -0.1) is 0 Å². The predicted octanol–water partition coefficient (Wildman–Crippen LogP) is 2.48. The van der Waals surface area contributed by atoms with Gasteiger partial charge in [0.2, 0.25) is 0 Å². The van der Waals surface area contributed by atoms with Crippen molar-refractivity contribution in [1.29, 1.82) is 0 Å². The van der Waals surface area contributed by atoms with Crippen LogP contribution in [0, 0.1) is 11.3 Å². The number of carbonyl (C=O) groups excluding carboxylic acids is 2. The molecule has 0 aliphatic carbocycles. The number of esters is 1. The lowest BCUT2D eigenvalue weighted by Gasteiger charge is -2.36. The van der Waals surface area contributed by atoms with Gasteiger partial charge >= 0.3 is 5.97 Å². The average molecular weight is 433 g/mol. The molecule has 2 aromatic rings. The van der Waals surface area contributed by atoms with Gasteiger partial charge < -0.3 is 14.8 Å². The highest BCUT2D eigenvalue weighted by Crippen LogP contribution is 2.38. The number of hydrogen-bond donors (Lipinski definition) is 1. The minimum absolute atomic E-state index is 0.0250. The van der Waals surface area contributed by atoms with Crippen LogP contribution in [0.1, 0.15) is 58.8 Å². The molecule has 4 rings (SSSR count). The summed E-state index contributed by atoms with van der Waals surface area (Å²) >= 11 is 1.23. The normalized spacial score (nSPS) is 19.1. The molecule has 0 bridgehead atoms. The molecule has 4 heterocycles. The Labute approximate surface area is 180 Å². The number of nitrogens with one attached hydrogen (secondary N) is 1. The van der Waals surface area contributed by atoms with Crippen molar-refractivity contribution in [3.8, 4) is 0 Å². The van der Waals surface area contributed by atoms with E-state index in [-0.39, 0.29) is 23.2 Å². The van der Waals surface area contributed by atoms with Crippen LogP contribution in [0.2, 0.25) is 0 Å². The van der Waals surface area contributed by atoms with Gasteiger partial charge in [-0.3, -0.25) is 9.48 Å². The van der Waals surface area contributed by atoms with E-state index in [1.54, 1.807) is 5.38 Å². The summed E-state index contributed by atoms with van der Waals surface area (Å²) in [6.07, 6.45) is 4.88. The van der Waals surface area contributed by atoms with Crippen molar-refractivity contribution < 1.29 is 19.1 Å². The molecule has 1 fully saturated rings. The van der Waals surface area contributed by atoms with Gasteiger partial charge in [-0.2, -0.15) is 5.10 Å². The first-order valence-corrected chi connectivity index (χ1v) is 11.4. The Morgan fingerprint density at radius 3 is 2.93 bits per heavy atom. The Kier molecular flexibility index (Phi) is 6.19. The van der Waals surface area contributed by atoms with Gasteiger partial charge in [0.05, 0.1) is 24.1 Å². The smallest absolute Gasteiger partial charge is 0.340 e. The van der Waals surface area contributed by atoms with Gasteiger partial charge in [-0.25, -0.2) is 9.17 Å². The number of aromatic nitrogens is 3. The largest absolute Gasteiger partial charge is 0.462 e. The van der Waals surface area contributed by atoms with Crippen LogP contribution in [-0.4, -0.2) is 52.4 Å². The van der Waals surface area contributed by atoms with Crippen LogP contribution in [0.4, 0.5) is 0 Å². The first kappa shape index (κ1) is 21.0. The molecule has 8 nitrogen and oxygen atoms in total. The Bertz CT molecular complexity index is 903. The molecule has 0 aromatic carbocycles. The summed E-state index contributed by atoms with van der Waals surface area (Å²) in [5.41, 5.74) is 3.18. The number of hydrogen-bond acceptors (Lipinski definition) is 7. The van der Waals surface area contributed by atoms with Gasteiger partial charge in [-0.05, 0) is 55.5 Å². The second kappa shape index (κ2) is 8.85. The van der Waals surface area contributed by atoms with Crippen molar-refractivity contribution in [2.75, 3.05) is 26.4 Å². The maximum absolute atomic E-state index is 12.9. The van der Waals surface area contributed by atoms with E-state index in [4.69, 9.17) is 14.6 Å². The molecule has 1 unspecified atom stereocenters. The fraction of sp³-hybridized carbons (Fsp3) is 0.619. The van der Waals surface area contributed by atoms with E-state index < -0.39 is 0 Å². The zero-order chi connectivity index (χ0) is 21.1. The minimum Gasteiger partial charge on any atom is -0.462 e. The van der Waals surface area contributed by atoms with Gasteiger partial charge in [0.25, 0.3) is 5.91 Å². The highest BCUT2D eigenvalue weighted by atomic mass is 32.1. The van der Waals surface area contributed by atoms with E-state index in [1.807, 2.05) is 18.5 Å². The highest BCUT2D eigenvalue weighted by Gasteiger charge is 2.39. The van der Waals surface area contributed by atoms with Crippen LogP contribution in [0.3, 0.4) is 0 Å². The SMILES string of the molecule is CCn1nc(CC(C)COC(=O)c2cnsc2)c2c1C(=O)NCC1(CCOCC1)C2. The molecule has 2 aliphatic rings. The van der Waals surface area contributed by atoms with Crippen molar-refractivity contribution in [2.45, 2.75) is 46.1 Å². The van der Waals surface area contributed by atoms with Gasteiger partial charge in [0.15, 0.2) is 0 Å². The van der Waals surface area contributed by atoms with E-state index in [9.17, 15) is 9.59 Å². The Balaban J connectivity index is 1.52. The molecular weight excluding hydrogens is 404 g/mol. The molecular formula is C21H28N4O4S. The van der Waals surface area contributed by atoms with Crippen LogP contribution in [0.25, 0.3) is 0 Å². The number of rotatable bonds is 6. The molecule has 162 valence electrons. The zero-order valence-corrected chi connectivity index (χ0v) is 18.3. The Morgan fingerprint density at radius 1 is 1.43 bits per heavy atom. The third kappa shape index (κ3) is 4.27. The molecule has 1 N–H and O–H groups in total. The van der Waals surface area contributed by atoms with E-state index in [2.05, 4.69) is 9.69 Å². The quantitative estimate of drug-likeness (QED) is 0.705. The fourth-order valence-electron chi connectivity index (χ4n) is 4.32. The average Bonchev–Trinajstić information content (AvgIpc) is 3.37. The van der Waals surface area contributed by atoms with E-state index in [1.165, 1.54) is 17.7 Å². The summed E-state index contributed by atoms with van der Waals surface area (Å²) in [5, 5.41) is 9.58. The number of ether oxygens (including phenoxy) is 2. The maximum atomic E-state index is 12.9. The Hall–Kier alpha value is -2.26. The molecule has 0 saturated carbocycles. The Morgan fingerprint density at radius 2 is 2.23 bits per heavy atom. The lowest BCUT2D eigenvalue weighted by Crippen LogP contribution is -2.40. The summed E-state index contributed by atoms with van der Waals surface area (Å²) in [7, 11) is 0. The van der Waals surface area contributed by atoms with Gasteiger partial charge in [0, 0.05) is 37.2 Å². The van der Waals surface area contributed by atoms with Crippen molar-refractivity contribution >= 4 is 23.4 Å². The number of nitrogens with zero attached hydrogens (tertiary/aromatic N) is 3. The van der Waals surface area contributed by atoms with Crippen molar-refractivity contribution in [2.24, 2.45) is 11.3 Å². The van der Waals surface area contributed by atoms with Crippen LogP contribution in [0.5, 0.6) is 0 Å². The topological polar surface area (TPSA) is 95.3 Å². The highest BCUT2D eigenvalue weighted by molar-refractivity contribution is 7.03. The molecule has 1 spiro atoms. The fourth-order valence-corrected chi connectivity index (χ4v) is 4.83. The van der Waals surface area contributed by atoms with E-state index in [0.717, 1.165) is 43.7 Å². The van der Waals surface area contributed by atoms with Crippen LogP contribution in [0.15, 0.2) is 11.6 Å². The second-order valence-electron chi connectivity index (χ2n) is 8.38. The predicted molar refractivity (Wildman–Crippen MR) is 112 cm³/mol. The molecule has 1 amide bonds. The number of aryl methyl sites for hydroxylation is 1. The summed E-state index contributed by atoms with van der Waals surface area (Å²) in [4.78, 5) is 25.0. The summed E-state index contributed by atoms with van der Waals surface area (Å²) in [6, 6.07) is 0. The van der Waals surface area contributed by atoms with Gasteiger partial charge in [-0.1, -0.05) is 6.92 Å². The zero-order valence-electron chi connectivity index (χ0n) is 17.5. The first-order valence-electron chi connectivity index (χ1n) is 10.5. The summed E-state index contributed by atoms with van der Waals surface area (Å²) in [6.45, 7) is 7.11. The van der Waals surface area contributed by atoms with Crippen LogP contribution < -0.4 is 5.32 Å². The maximum Gasteiger partial charge on any atom is 0.340 e. The number of amides is 1. The molecule has 9 heteroatoms. The summed E-state index contributed by atoms with van der Waals surface area (Å²) < 4.78 is 16.8. The molecule has 1 saturated heterocycles. The van der Waals surface area contributed by atoms with Crippen LogP contribution in [-0.2, 0) is 28.9 Å². The third-order valence-corrected chi connectivity index (χ3v) is 6.67. The van der Waals surface area contributed by atoms with Crippen molar-refractivity contribution in [1.82, 2.24) is 19.5 Å². The first-order chi connectivity index (χ1) is 14.5. The summed E-state index contributed by atoms with van der Waals surface area (Å²) in [5.74, 6) is -0.311. The molecule has 2 aliphatic heterocycles. The monoisotopic (exact) mass is 432 g/mol. The molecule has 1 atom stereocenters. The van der Waals surface area contributed by atoms with Crippen molar-refractivity contribution in [3.05, 3.63) is 34.1 Å². The van der Waals surface area contributed by atoms with E-state index in [0.29, 0.717) is 37.4 Å². The molecule has 2 aromatic heterocycles. The lowest BCUT2D eigenvalue weighted by molar-refractivity contribution is 0.0160. The van der Waals surface area contributed by atoms with Gasteiger partial charge in [0.1, 0.15) is 5.69 Å². The van der Waals surface area contributed by atoms with Crippen molar-refractivity contribution in [3.63, 3.8) is 0 Å².